The van der Waals surface area contributed by atoms with Gasteiger partial charge >= 0.3 is 6.03 Å². The molecule has 0 aliphatic heterocycles. The second-order valence-electron chi connectivity index (χ2n) is 5.15. The molecule has 0 spiro atoms. The number of rotatable bonds is 4. The van der Waals surface area contributed by atoms with Crippen LogP contribution < -0.4 is 15.4 Å². The van der Waals surface area contributed by atoms with Crippen molar-refractivity contribution in [3.63, 3.8) is 0 Å². The number of carbonyl (C=O) groups excluding carboxylic acids is 1. The molecule has 0 saturated carbocycles. The third kappa shape index (κ3) is 4.26. The third-order valence-electron chi connectivity index (χ3n) is 3.33. The third-order valence-corrected chi connectivity index (χ3v) is 3.33. The van der Waals surface area contributed by atoms with Gasteiger partial charge in [-0.2, -0.15) is 0 Å². The molecule has 0 saturated heterocycles. The first-order valence-corrected chi connectivity index (χ1v) is 7.50. The van der Waals surface area contributed by atoms with Gasteiger partial charge in [-0.3, -0.25) is 0 Å². The molecule has 3 aromatic rings. The first-order chi connectivity index (χ1) is 12.1. The van der Waals surface area contributed by atoms with Crippen LogP contribution in [0.4, 0.5) is 20.6 Å². The van der Waals surface area contributed by atoms with Crippen molar-refractivity contribution >= 4 is 17.4 Å². The highest BCUT2D eigenvalue weighted by atomic mass is 19.1. The molecule has 126 valence electrons. The minimum absolute atomic E-state index is 0.0125. The fraction of sp³-hybridized carbons (Fsp3) is 0. The maximum atomic E-state index is 13.2. The monoisotopic (exact) mass is 338 g/mol. The van der Waals surface area contributed by atoms with Crippen molar-refractivity contribution in [2.24, 2.45) is 0 Å². The lowest BCUT2D eigenvalue weighted by atomic mass is 10.3. The van der Waals surface area contributed by atoms with Crippen LogP contribution in [0.1, 0.15) is 0 Å². The molecule has 0 atom stereocenters. The standard InChI is InChI=1S/C19H15FN2O3/c20-16-7-4-8-17(18(16)23)22-19(24)21-13-9-11-15(12-10-13)25-14-5-2-1-3-6-14/h1-12,23H,(H2,21,22,24). The maximum absolute atomic E-state index is 13.2. The van der Waals surface area contributed by atoms with Crippen LogP contribution in [0.15, 0.2) is 72.8 Å². The fourth-order valence-electron chi connectivity index (χ4n) is 2.13. The summed E-state index contributed by atoms with van der Waals surface area (Å²) < 4.78 is 18.9. The van der Waals surface area contributed by atoms with Crippen molar-refractivity contribution < 1.29 is 19.0 Å². The van der Waals surface area contributed by atoms with Crippen LogP contribution in [0.25, 0.3) is 0 Å². The molecule has 0 unspecified atom stereocenters. The van der Waals surface area contributed by atoms with E-state index < -0.39 is 17.6 Å². The van der Waals surface area contributed by atoms with Crippen molar-refractivity contribution in [3.8, 4) is 17.2 Å². The molecule has 0 bridgehead atoms. The van der Waals surface area contributed by atoms with Gasteiger partial charge in [0.05, 0.1) is 5.69 Å². The number of carbonyl (C=O) groups is 1. The first kappa shape index (κ1) is 16.3. The molecule has 0 aliphatic carbocycles. The molecule has 3 N–H and O–H groups in total. The lowest BCUT2D eigenvalue weighted by Crippen LogP contribution is -2.19. The summed E-state index contributed by atoms with van der Waals surface area (Å²) in [6, 6.07) is 19.4. The summed E-state index contributed by atoms with van der Waals surface area (Å²) in [5.74, 6) is -0.0769. The highest BCUT2D eigenvalue weighted by molar-refractivity contribution is 6.00. The molecular formula is C19H15FN2O3. The largest absolute Gasteiger partial charge is 0.503 e. The number of nitrogens with one attached hydrogen (secondary N) is 2. The van der Waals surface area contributed by atoms with Crippen molar-refractivity contribution in [2.45, 2.75) is 0 Å². The smallest absolute Gasteiger partial charge is 0.323 e. The van der Waals surface area contributed by atoms with Gasteiger partial charge in [0, 0.05) is 5.69 Å². The van der Waals surface area contributed by atoms with Gasteiger partial charge in [-0.1, -0.05) is 24.3 Å². The number of hydrogen-bond donors (Lipinski definition) is 3. The van der Waals surface area contributed by atoms with E-state index in [4.69, 9.17) is 4.74 Å². The van der Waals surface area contributed by atoms with E-state index in [1.54, 1.807) is 24.3 Å². The number of hydrogen-bond acceptors (Lipinski definition) is 3. The van der Waals surface area contributed by atoms with E-state index in [0.29, 0.717) is 17.2 Å². The van der Waals surface area contributed by atoms with Gasteiger partial charge in [0.2, 0.25) is 0 Å². The Hall–Kier alpha value is -3.54. The molecule has 5 nitrogen and oxygen atoms in total. The van der Waals surface area contributed by atoms with Gasteiger partial charge in [0.25, 0.3) is 0 Å². The topological polar surface area (TPSA) is 70.6 Å². The molecule has 0 aromatic heterocycles. The maximum Gasteiger partial charge on any atom is 0.323 e. The van der Waals surface area contributed by atoms with Gasteiger partial charge in [0.15, 0.2) is 11.6 Å². The summed E-state index contributed by atoms with van der Waals surface area (Å²) in [6.45, 7) is 0. The number of phenols is 1. The van der Waals surface area contributed by atoms with Crippen LogP contribution in [0, 0.1) is 5.82 Å². The molecule has 6 heteroatoms. The summed E-state index contributed by atoms with van der Waals surface area (Å²) in [6.07, 6.45) is 0. The quantitative estimate of drug-likeness (QED) is 0.588. The summed E-state index contributed by atoms with van der Waals surface area (Å²) in [4.78, 5) is 11.9. The van der Waals surface area contributed by atoms with E-state index in [2.05, 4.69) is 10.6 Å². The molecular weight excluding hydrogens is 323 g/mol. The lowest BCUT2D eigenvalue weighted by molar-refractivity contribution is 0.262. The Morgan fingerprint density at radius 3 is 2.24 bits per heavy atom. The predicted molar refractivity (Wildman–Crippen MR) is 93.7 cm³/mol. The normalized spacial score (nSPS) is 10.1. The molecule has 0 fully saturated rings. The fourth-order valence-corrected chi connectivity index (χ4v) is 2.13. The van der Waals surface area contributed by atoms with Crippen molar-refractivity contribution in [3.05, 3.63) is 78.6 Å². The molecule has 3 aromatic carbocycles. The Bertz CT molecular complexity index is 868. The SMILES string of the molecule is O=C(Nc1ccc(Oc2ccccc2)cc1)Nc1cccc(F)c1O. The van der Waals surface area contributed by atoms with Crippen LogP contribution >= 0.6 is 0 Å². The molecule has 0 aliphatic rings. The highest BCUT2D eigenvalue weighted by Gasteiger charge is 2.10. The van der Waals surface area contributed by atoms with E-state index in [0.717, 1.165) is 6.07 Å². The van der Waals surface area contributed by atoms with Crippen molar-refractivity contribution in [1.29, 1.82) is 0 Å². The minimum atomic E-state index is -0.805. The van der Waals surface area contributed by atoms with Gasteiger partial charge in [-0.05, 0) is 48.5 Å². The van der Waals surface area contributed by atoms with Gasteiger partial charge < -0.3 is 20.5 Å². The van der Waals surface area contributed by atoms with E-state index in [1.807, 2.05) is 30.3 Å². The second kappa shape index (κ2) is 7.35. The zero-order valence-electron chi connectivity index (χ0n) is 13.1. The first-order valence-electron chi connectivity index (χ1n) is 7.50. The Morgan fingerprint density at radius 2 is 1.52 bits per heavy atom. The van der Waals surface area contributed by atoms with E-state index >= 15 is 0 Å². The van der Waals surface area contributed by atoms with E-state index in [-0.39, 0.29) is 5.69 Å². The number of para-hydroxylation sites is 2. The Labute approximate surface area is 143 Å². The summed E-state index contributed by atoms with van der Waals surface area (Å²) in [5.41, 5.74) is 0.510. The molecule has 2 amide bonds. The highest BCUT2D eigenvalue weighted by Crippen LogP contribution is 2.26. The molecule has 0 radical (unpaired) electrons. The number of halogens is 1. The summed E-state index contributed by atoms with van der Waals surface area (Å²) >= 11 is 0. The molecule has 3 rings (SSSR count). The number of urea groups is 1. The van der Waals surface area contributed by atoms with Crippen molar-refractivity contribution in [1.82, 2.24) is 0 Å². The van der Waals surface area contributed by atoms with E-state index in [9.17, 15) is 14.3 Å². The van der Waals surface area contributed by atoms with Crippen LogP contribution in [0.3, 0.4) is 0 Å². The predicted octanol–water partition coefficient (Wildman–Crippen LogP) is 4.97. The molecule has 0 heterocycles. The van der Waals surface area contributed by atoms with Crippen LogP contribution in [0.2, 0.25) is 0 Å². The Morgan fingerprint density at radius 1 is 0.840 bits per heavy atom. The van der Waals surface area contributed by atoms with Gasteiger partial charge in [-0.25, -0.2) is 9.18 Å². The Kier molecular flexibility index (Phi) is 4.80. The average molecular weight is 338 g/mol. The summed E-state index contributed by atoms with van der Waals surface area (Å²) in [7, 11) is 0. The second-order valence-corrected chi connectivity index (χ2v) is 5.15. The Balaban J connectivity index is 1.61. The molecule has 25 heavy (non-hydrogen) atoms. The zero-order valence-corrected chi connectivity index (χ0v) is 13.1. The van der Waals surface area contributed by atoms with Gasteiger partial charge in [0.1, 0.15) is 11.5 Å². The van der Waals surface area contributed by atoms with Crippen LogP contribution in [-0.4, -0.2) is 11.1 Å². The summed E-state index contributed by atoms with van der Waals surface area (Å²) in [5, 5.41) is 14.5. The average Bonchev–Trinajstić information content (AvgIpc) is 2.62. The van der Waals surface area contributed by atoms with Gasteiger partial charge in [-0.15, -0.1) is 0 Å². The van der Waals surface area contributed by atoms with Crippen LogP contribution in [0.5, 0.6) is 17.2 Å². The number of aromatic hydroxyl groups is 1. The van der Waals surface area contributed by atoms with E-state index in [1.165, 1.54) is 12.1 Å². The van der Waals surface area contributed by atoms with Crippen molar-refractivity contribution in [2.75, 3.05) is 10.6 Å². The van der Waals surface area contributed by atoms with Crippen LogP contribution in [-0.2, 0) is 0 Å². The minimum Gasteiger partial charge on any atom is -0.503 e. The number of amides is 2. The number of phenolic OH excluding ortho intramolecular Hbond substituents is 1. The number of anilines is 2. The zero-order chi connectivity index (χ0) is 17.6. The lowest BCUT2D eigenvalue weighted by Gasteiger charge is -2.10. The number of ether oxygens (including phenoxy) is 1. The number of benzene rings is 3.